The Morgan fingerprint density at radius 2 is 1.59 bits per heavy atom. The van der Waals surface area contributed by atoms with Gasteiger partial charge in [0.2, 0.25) is 0 Å². The molecule has 0 aliphatic carbocycles. The summed E-state index contributed by atoms with van der Waals surface area (Å²) in [4.78, 5) is 62.2. The van der Waals surface area contributed by atoms with E-state index < -0.39 is 35.5 Å². The number of esters is 1. The van der Waals surface area contributed by atoms with Gasteiger partial charge >= 0.3 is 24.3 Å². The minimum atomic E-state index is -4.79. The Bertz CT molecular complexity index is 1800. The molecule has 0 bridgehead atoms. The SMILES string of the molecule is CN(C)CCOC(=O)COC1CCN(C2CCN(C(=O)[C@@H](Cc3cc(Cl)c(N)c(C(F)(F)F)c3)OC(=O)N3CCC(N4CCc5ccccc5NC4=O)CC3)CC2)CC1. The number of carbonyl (C=O) groups is 4. The highest BCUT2D eigenvalue weighted by Gasteiger charge is 2.39. The van der Waals surface area contributed by atoms with E-state index in [2.05, 4.69) is 10.2 Å². The number of nitrogens with zero attached hydrogens (tertiary/aromatic N) is 5. The Labute approximate surface area is 348 Å². The number of anilines is 2. The van der Waals surface area contributed by atoms with Crippen molar-refractivity contribution >= 4 is 47.0 Å². The van der Waals surface area contributed by atoms with Crippen LogP contribution in [0.1, 0.15) is 55.2 Å². The molecule has 4 aliphatic heterocycles. The Balaban J connectivity index is 1.04. The molecule has 18 heteroatoms. The maximum absolute atomic E-state index is 14.2. The lowest BCUT2D eigenvalue weighted by molar-refractivity contribution is -0.152. The number of benzene rings is 2. The molecular weight excluding hydrogens is 795 g/mol. The number of alkyl halides is 3. The van der Waals surface area contributed by atoms with Crippen LogP contribution in [-0.2, 0) is 42.8 Å². The average Bonchev–Trinajstić information content (AvgIpc) is 3.38. The fraction of sp³-hybridized carbons (Fsp3) is 0.610. The van der Waals surface area contributed by atoms with Crippen LogP contribution < -0.4 is 11.1 Å². The summed E-state index contributed by atoms with van der Waals surface area (Å²) in [5, 5.41) is 2.67. The fourth-order valence-electron chi connectivity index (χ4n) is 8.35. The van der Waals surface area contributed by atoms with E-state index in [1.165, 1.54) is 11.0 Å². The summed E-state index contributed by atoms with van der Waals surface area (Å²) >= 11 is 6.14. The number of hydrogen-bond donors (Lipinski definition) is 2. The number of nitrogens with two attached hydrogens (primary N) is 1. The number of likely N-dealkylation sites (tertiary alicyclic amines) is 3. The monoisotopic (exact) mass is 849 g/mol. The topological polar surface area (TPSA) is 150 Å². The Kier molecular flexibility index (Phi) is 14.9. The van der Waals surface area contributed by atoms with Crippen LogP contribution in [0.25, 0.3) is 0 Å². The van der Waals surface area contributed by atoms with Gasteiger partial charge in [-0.3, -0.25) is 4.79 Å². The number of halogens is 4. The van der Waals surface area contributed by atoms with Gasteiger partial charge in [-0.25, -0.2) is 14.4 Å². The van der Waals surface area contributed by atoms with Crippen molar-refractivity contribution in [1.29, 1.82) is 0 Å². The number of amides is 4. The van der Waals surface area contributed by atoms with Gasteiger partial charge in [-0.1, -0.05) is 29.8 Å². The van der Waals surface area contributed by atoms with Gasteiger partial charge in [0.05, 0.1) is 22.4 Å². The first-order valence-electron chi connectivity index (χ1n) is 20.4. The van der Waals surface area contributed by atoms with Crippen molar-refractivity contribution in [3.05, 3.63) is 58.1 Å². The van der Waals surface area contributed by atoms with Crippen molar-refractivity contribution in [1.82, 2.24) is 24.5 Å². The number of urea groups is 1. The number of carbonyl (C=O) groups excluding carboxylic acids is 4. The maximum Gasteiger partial charge on any atom is 0.418 e. The number of para-hydroxylation sites is 1. The van der Waals surface area contributed by atoms with Crippen LogP contribution in [0, 0.1) is 0 Å². The highest BCUT2D eigenvalue weighted by molar-refractivity contribution is 6.33. The highest BCUT2D eigenvalue weighted by atomic mass is 35.5. The average molecular weight is 850 g/mol. The van der Waals surface area contributed by atoms with Gasteiger partial charge in [0.1, 0.15) is 13.2 Å². The summed E-state index contributed by atoms with van der Waals surface area (Å²) in [6.45, 7) is 4.20. The lowest BCUT2D eigenvalue weighted by atomic mass is 9.97. The lowest BCUT2D eigenvalue weighted by Gasteiger charge is -2.42. The summed E-state index contributed by atoms with van der Waals surface area (Å²) in [5.74, 6) is -0.885. The molecule has 14 nitrogen and oxygen atoms in total. The summed E-state index contributed by atoms with van der Waals surface area (Å²) in [7, 11) is 3.80. The first-order valence-corrected chi connectivity index (χ1v) is 20.7. The molecule has 4 aliphatic rings. The fourth-order valence-corrected chi connectivity index (χ4v) is 8.59. The maximum atomic E-state index is 14.2. The van der Waals surface area contributed by atoms with Gasteiger partial charge in [0.25, 0.3) is 5.91 Å². The van der Waals surface area contributed by atoms with Crippen LogP contribution >= 0.6 is 11.6 Å². The Hall–Kier alpha value is -4.32. The largest absolute Gasteiger partial charge is 0.463 e. The van der Waals surface area contributed by atoms with E-state index in [9.17, 15) is 32.3 Å². The summed E-state index contributed by atoms with van der Waals surface area (Å²) in [6.07, 6.45) is -2.88. The lowest BCUT2D eigenvalue weighted by Crippen LogP contribution is -2.53. The second kappa shape index (κ2) is 19.8. The van der Waals surface area contributed by atoms with Crippen LogP contribution in [0.3, 0.4) is 0 Å². The number of hydrogen-bond acceptors (Lipinski definition) is 10. The molecule has 0 radical (unpaired) electrons. The van der Waals surface area contributed by atoms with Gasteiger partial charge in [-0.05, 0) is 88.4 Å². The first-order chi connectivity index (χ1) is 28.2. The van der Waals surface area contributed by atoms with Gasteiger partial charge in [-0.15, -0.1) is 0 Å². The van der Waals surface area contributed by atoms with E-state index in [1.54, 1.807) is 9.80 Å². The molecule has 324 valence electrons. The van der Waals surface area contributed by atoms with E-state index in [4.69, 9.17) is 31.5 Å². The number of fused-ring (bicyclic) bond motifs is 1. The van der Waals surface area contributed by atoms with Crippen LogP contribution in [0.5, 0.6) is 0 Å². The molecule has 4 heterocycles. The molecule has 0 spiro atoms. The summed E-state index contributed by atoms with van der Waals surface area (Å²) in [5.41, 5.74) is 5.81. The van der Waals surface area contributed by atoms with Crippen molar-refractivity contribution in [2.24, 2.45) is 0 Å². The Morgan fingerprint density at radius 1 is 0.932 bits per heavy atom. The number of nitrogens with one attached hydrogen (secondary N) is 1. The number of nitrogen functional groups attached to an aromatic ring is 1. The normalized spacial score (nSPS) is 19.6. The van der Waals surface area contributed by atoms with E-state index in [0.717, 1.165) is 43.2 Å². The minimum absolute atomic E-state index is 0.0522. The van der Waals surface area contributed by atoms with Crippen LogP contribution in [-0.4, -0.2) is 152 Å². The minimum Gasteiger partial charge on any atom is -0.463 e. The molecule has 0 aromatic heterocycles. The van der Waals surface area contributed by atoms with E-state index >= 15 is 0 Å². The van der Waals surface area contributed by atoms with Gasteiger partial charge in [-0.2, -0.15) is 13.2 Å². The van der Waals surface area contributed by atoms with Crippen LogP contribution in [0.15, 0.2) is 36.4 Å². The zero-order valence-corrected chi connectivity index (χ0v) is 34.4. The molecular formula is C41H55ClF3N7O7. The van der Waals surface area contributed by atoms with Crippen molar-refractivity contribution in [2.75, 3.05) is 90.7 Å². The predicted molar refractivity (Wildman–Crippen MR) is 215 cm³/mol. The van der Waals surface area contributed by atoms with E-state index in [-0.39, 0.29) is 66.9 Å². The molecule has 3 N–H and O–H groups in total. The molecule has 2 aromatic rings. The number of rotatable bonds is 12. The van der Waals surface area contributed by atoms with Crippen molar-refractivity contribution < 1.29 is 46.6 Å². The van der Waals surface area contributed by atoms with Gasteiger partial charge in [0.15, 0.2) is 6.10 Å². The second-order valence-electron chi connectivity index (χ2n) is 16.0. The number of piperidine rings is 3. The molecule has 0 unspecified atom stereocenters. The zero-order chi connectivity index (χ0) is 42.3. The zero-order valence-electron chi connectivity index (χ0n) is 33.7. The van der Waals surface area contributed by atoms with Crippen LogP contribution in [0.4, 0.5) is 34.1 Å². The molecule has 0 saturated carbocycles. The third kappa shape index (κ3) is 11.7. The smallest absolute Gasteiger partial charge is 0.418 e. The molecule has 59 heavy (non-hydrogen) atoms. The first kappa shape index (κ1) is 44.2. The van der Waals surface area contributed by atoms with E-state index in [0.29, 0.717) is 64.9 Å². The molecule has 2 aromatic carbocycles. The van der Waals surface area contributed by atoms with E-state index in [1.807, 2.05) is 43.3 Å². The van der Waals surface area contributed by atoms with Crippen LogP contribution in [0.2, 0.25) is 5.02 Å². The molecule has 4 amide bonds. The quantitative estimate of drug-likeness (QED) is 0.218. The third-order valence-corrected chi connectivity index (χ3v) is 12.1. The van der Waals surface area contributed by atoms with Crippen molar-refractivity contribution in [3.63, 3.8) is 0 Å². The molecule has 3 fully saturated rings. The standard InChI is InChI=1S/C41H55ClF3N7O7/c1-48(2)21-22-57-36(53)26-58-31-12-18-49(19-13-31)29-8-14-50(15-9-29)38(54)35(25-27-23-32(41(43,44)45)37(46)33(42)24-27)59-40(56)51-16-10-30(11-17-51)52-20-7-28-5-3-4-6-34(28)47-39(52)55/h3-6,23-24,29-31,35H,7-22,25-26,46H2,1-2H3,(H,47,55)/t35-/m1/s1. The van der Waals surface area contributed by atoms with Gasteiger partial charge in [0, 0.05) is 76.5 Å². The van der Waals surface area contributed by atoms with Crippen molar-refractivity contribution in [2.45, 2.75) is 81.8 Å². The second-order valence-corrected chi connectivity index (χ2v) is 16.4. The van der Waals surface area contributed by atoms with Gasteiger partial charge < -0.3 is 49.8 Å². The Morgan fingerprint density at radius 3 is 2.27 bits per heavy atom. The number of ether oxygens (including phenoxy) is 3. The highest BCUT2D eigenvalue weighted by Crippen LogP contribution is 2.38. The third-order valence-electron chi connectivity index (χ3n) is 11.7. The predicted octanol–water partition coefficient (Wildman–Crippen LogP) is 5.12. The molecule has 3 saturated heterocycles. The van der Waals surface area contributed by atoms with Crippen molar-refractivity contribution in [3.8, 4) is 0 Å². The molecule has 6 rings (SSSR count). The number of likely N-dealkylation sites (N-methyl/N-ethyl adjacent to an activating group) is 1. The molecule has 1 atom stereocenters. The summed E-state index contributed by atoms with van der Waals surface area (Å²) < 4.78 is 58.6. The summed E-state index contributed by atoms with van der Waals surface area (Å²) in [6, 6.07) is 9.65.